The van der Waals surface area contributed by atoms with Gasteiger partial charge in [-0.2, -0.15) is 0 Å². The molecule has 1 unspecified atom stereocenters. The predicted molar refractivity (Wildman–Crippen MR) is 111 cm³/mol. The maximum absolute atomic E-state index is 12.7. The minimum atomic E-state index is -0.502. The zero-order valence-corrected chi connectivity index (χ0v) is 16.7. The Bertz CT molecular complexity index is 856. The predicted octanol–water partition coefficient (Wildman–Crippen LogP) is 4.18. The Labute approximate surface area is 166 Å². The second-order valence-corrected chi connectivity index (χ2v) is 8.46. The Morgan fingerprint density at radius 2 is 1.43 bits per heavy atom. The molecule has 0 aromatic heterocycles. The molecule has 1 spiro atoms. The van der Waals surface area contributed by atoms with Crippen LogP contribution in [0.1, 0.15) is 48.5 Å². The van der Waals surface area contributed by atoms with Gasteiger partial charge in [0.15, 0.2) is 0 Å². The van der Waals surface area contributed by atoms with E-state index in [9.17, 15) is 9.59 Å². The number of aryl methyl sites for hydroxylation is 1. The molecule has 2 fully saturated rings. The second-order valence-electron chi connectivity index (χ2n) is 8.46. The van der Waals surface area contributed by atoms with Gasteiger partial charge in [0, 0.05) is 18.7 Å². The molecule has 2 aromatic rings. The monoisotopic (exact) mass is 376 g/mol. The average Bonchev–Trinajstić information content (AvgIpc) is 3.47. The van der Waals surface area contributed by atoms with E-state index < -0.39 is 6.04 Å². The van der Waals surface area contributed by atoms with Crippen LogP contribution in [0.5, 0.6) is 0 Å². The third-order valence-corrected chi connectivity index (χ3v) is 6.34. The van der Waals surface area contributed by atoms with Crippen molar-refractivity contribution in [3.05, 3.63) is 59.7 Å². The van der Waals surface area contributed by atoms with Crippen LogP contribution < -0.4 is 5.32 Å². The summed E-state index contributed by atoms with van der Waals surface area (Å²) >= 11 is 0. The fourth-order valence-corrected chi connectivity index (χ4v) is 4.05. The molecule has 4 rings (SSSR count). The molecule has 1 N–H and O–H groups in total. The molecule has 1 saturated heterocycles. The van der Waals surface area contributed by atoms with E-state index in [1.165, 1.54) is 18.4 Å². The summed E-state index contributed by atoms with van der Waals surface area (Å²) in [6.07, 6.45) is 4.86. The zero-order valence-electron chi connectivity index (χ0n) is 16.7. The molecule has 146 valence electrons. The van der Waals surface area contributed by atoms with Gasteiger partial charge in [-0.15, -0.1) is 0 Å². The van der Waals surface area contributed by atoms with Gasteiger partial charge in [-0.25, -0.2) is 0 Å². The SMILES string of the molecule is Cc1ccc(-c2ccc(C(=O)NC(C)C(=O)N3CCC4(CC3)CC4)cc2)cc1. The number of hydrogen-bond donors (Lipinski definition) is 1. The van der Waals surface area contributed by atoms with Crippen molar-refractivity contribution in [3.8, 4) is 11.1 Å². The number of likely N-dealkylation sites (tertiary alicyclic amines) is 1. The van der Waals surface area contributed by atoms with Crippen molar-refractivity contribution in [2.45, 2.75) is 45.6 Å². The van der Waals surface area contributed by atoms with Gasteiger partial charge in [0.1, 0.15) is 6.04 Å². The van der Waals surface area contributed by atoms with Gasteiger partial charge in [0.2, 0.25) is 5.91 Å². The smallest absolute Gasteiger partial charge is 0.251 e. The number of carbonyl (C=O) groups is 2. The van der Waals surface area contributed by atoms with E-state index in [0.717, 1.165) is 37.1 Å². The van der Waals surface area contributed by atoms with E-state index in [4.69, 9.17) is 0 Å². The molecule has 28 heavy (non-hydrogen) atoms. The number of amides is 2. The quantitative estimate of drug-likeness (QED) is 0.870. The molecule has 1 aliphatic carbocycles. The van der Waals surface area contributed by atoms with Crippen molar-refractivity contribution in [3.63, 3.8) is 0 Å². The molecule has 1 aliphatic heterocycles. The summed E-state index contributed by atoms with van der Waals surface area (Å²) in [4.78, 5) is 27.2. The lowest BCUT2D eigenvalue weighted by Gasteiger charge is -2.33. The number of hydrogen-bond acceptors (Lipinski definition) is 2. The summed E-state index contributed by atoms with van der Waals surface area (Å²) in [6, 6.07) is 15.4. The largest absolute Gasteiger partial charge is 0.341 e. The maximum atomic E-state index is 12.7. The molecule has 2 amide bonds. The van der Waals surface area contributed by atoms with Crippen LogP contribution in [-0.2, 0) is 4.79 Å². The minimum absolute atomic E-state index is 0.0279. The molecule has 4 heteroatoms. The topological polar surface area (TPSA) is 49.4 Å². The third kappa shape index (κ3) is 3.96. The van der Waals surface area contributed by atoms with Crippen LogP contribution in [0.3, 0.4) is 0 Å². The summed E-state index contributed by atoms with van der Waals surface area (Å²) < 4.78 is 0. The molecule has 2 aromatic carbocycles. The Morgan fingerprint density at radius 3 is 1.96 bits per heavy atom. The van der Waals surface area contributed by atoms with E-state index in [0.29, 0.717) is 11.0 Å². The fraction of sp³-hybridized carbons (Fsp3) is 0.417. The van der Waals surface area contributed by atoms with Crippen molar-refractivity contribution in [1.29, 1.82) is 0 Å². The van der Waals surface area contributed by atoms with Gasteiger partial charge in [-0.1, -0.05) is 42.0 Å². The number of benzene rings is 2. The van der Waals surface area contributed by atoms with Crippen LogP contribution in [0.2, 0.25) is 0 Å². The van der Waals surface area contributed by atoms with E-state index in [-0.39, 0.29) is 11.8 Å². The molecular weight excluding hydrogens is 348 g/mol. The first-order chi connectivity index (χ1) is 13.5. The summed E-state index contributed by atoms with van der Waals surface area (Å²) in [5.41, 5.74) is 4.54. The Balaban J connectivity index is 1.34. The van der Waals surface area contributed by atoms with Crippen LogP contribution in [0, 0.1) is 12.3 Å². The van der Waals surface area contributed by atoms with Gasteiger partial charge in [0.25, 0.3) is 5.91 Å². The summed E-state index contributed by atoms with van der Waals surface area (Å²) in [6.45, 7) is 5.49. The third-order valence-electron chi connectivity index (χ3n) is 6.34. The van der Waals surface area contributed by atoms with Gasteiger partial charge < -0.3 is 10.2 Å². The normalized spacial score (nSPS) is 18.6. The highest BCUT2D eigenvalue weighted by molar-refractivity contribution is 5.97. The van der Waals surface area contributed by atoms with Crippen molar-refractivity contribution < 1.29 is 9.59 Å². The summed E-state index contributed by atoms with van der Waals surface area (Å²) in [7, 11) is 0. The van der Waals surface area contributed by atoms with Gasteiger partial charge in [-0.3, -0.25) is 9.59 Å². The van der Waals surface area contributed by atoms with E-state index >= 15 is 0 Å². The molecule has 0 radical (unpaired) electrons. The van der Waals surface area contributed by atoms with E-state index in [2.05, 4.69) is 36.5 Å². The first kappa shape index (κ1) is 18.7. The lowest BCUT2D eigenvalue weighted by molar-refractivity contribution is -0.134. The molecule has 1 heterocycles. The Kier molecular flexibility index (Phi) is 4.96. The van der Waals surface area contributed by atoms with Crippen molar-refractivity contribution in [1.82, 2.24) is 10.2 Å². The molecule has 1 atom stereocenters. The molecule has 2 aliphatic rings. The van der Waals surface area contributed by atoms with Crippen LogP contribution in [0.4, 0.5) is 0 Å². The first-order valence-corrected chi connectivity index (χ1v) is 10.2. The standard InChI is InChI=1S/C24H28N2O2/c1-17-3-5-19(6-4-17)20-7-9-21(10-8-20)22(27)25-18(2)23(28)26-15-13-24(11-12-24)14-16-26/h3-10,18H,11-16H2,1-2H3,(H,25,27). The van der Waals surface area contributed by atoms with Crippen LogP contribution >= 0.6 is 0 Å². The first-order valence-electron chi connectivity index (χ1n) is 10.2. The number of carbonyl (C=O) groups excluding carboxylic acids is 2. The summed E-state index contributed by atoms with van der Waals surface area (Å²) in [5, 5.41) is 2.87. The van der Waals surface area contributed by atoms with Crippen molar-refractivity contribution in [2.24, 2.45) is 5.41 Å². The fourth-order valence-electron chi connectivity index (χ4n) is 4.05. The van der Waals surface area contributed by atoms with Crippen LogP contribution in [-0.4, -0.2) is 35.8 Å². The molecule has 1 saturated carbocycles. The lowest BCUT2D eigenvalue weighted by atomic mass is 9.93. The highest BCUT2D eigenvalue weighted by atomic mass is 16.2. The molecule has 0 bridgehead atoms. The van der Waals surface area contributed by atoms with Crippen molar-refractivity contribution >= 4 is 11.8 Å². The number of piperidine rings is 1. The molecule has 4 nitrogen and oxygen atoms in total. The van der Waals surface area contributed by atoms with Gasteiger partial charge >= 0.3 is 0 Å². The maximum Gasteiger partial charge on any atom is 0.251 e. The summed E-state index contributed by atoms with van der Waals surface area (Å²) in [5.74, 6) is -0.174. The average molecular weight is 377 g/mol. The Hall–Kier alpha value is -2.62. The van der Waals surface area contributed by atoms with E-state index in [1.807, 2.05) is 29.2 Å². The number of nitrogens with zero attached hydrogens (tertiary/aromatic N) is 1. The Morgan fingerprint density at radius 1 is 0.893 bits per heavy atom. The van der Waals surface area contributed by atoms with Gasteiger partial charge in [0.05, 0.1) is 0 Å². The lowest BCUT2D eigenvalue weighted by Crippen LogP contribution is -2.49. The van der Waals surface area contributed by atoms with E-state index in [1.54, 1.807) is 6.92 Å². The highest BCUT2D eigenvalue weighted by Crippen LogP contribution is 2.53. The second kappa shape index (κ2) is 7.42. The molecular formula is C24H28N2O2. The van der Waals surface area contributed by atoms with Crippen molar-refractivity contribution in [2.75, 3.05) is 13.1 Å². The van der Waals surface area contributed by atoms with Crippen LogP contribution in [0.15, 0.2) is 48.5 Å². The highest BCUT2D eigenvalue weighted by Gasteiger charge is 2.45. The minimum Gasteiger partial charge on any atom is -0.341 e. The number of nitrogens with one attached hydrogen (secondary N) is 1. The van der Waals surface area contributed by atoms with Crippen LogP contribution in [0.25, 0.3) is 11.1 Å². The van der Waals surface area contributed by atoms with Gasteiger partial charge in [-0.05, 0) is 68.2 Å². The number of rotatable bonds is 4. The zero-order chi connectivity index (χ0) is 19.7.